The van der Waals surface area contributed by atoms with Crippen molar-refractivity contribution in [1.29, 1.82) is 0 Å². The molecule has 5 nitrogen and oxygen atoms in total. The molecule has 0 saturated carbocycles. The Morgan fingerprint density at radius 1 is 1.38 bits per heavy atom. The van der Waals surface area contributed by atoms with Crippen molar-refractivity contribution in [3.63, 3.8) is 0 Å². The maximum Gasteiger partial charge on any atom is 0.227 e. The second kappa shape index (κ2) is 5.48. The van der Waals surface area contributed by atoms with Crippen LogP contribution in [-0.2, 0) is 4.79 Å². The normalized spacial score (nSPS) is 18.2. The molecule has 0 radical (unpaired) electrons. The molecule has 0 N–H and O–H groups in total. The highest BCUT2D eigenvalue weighted by Gasteiger charge is 2.30. The molecular weight excluding hydrogens is 288 g/mol. The Bertz CT molecular complexity index is 688. The lowest BCUT2D eigenvalue weighted by Crippen LogP contribution is -2.32. The van der Waals surface area contributed by atoms with E-state index in [4.69, 9.17) is 11.6 Å². The predicted octanol–water partition coefficient (Wildman–Crippen LogP) is 2.20. The molecule has 1 atom stereocenters. The first kappa shape index (κ1) is 14.1. The summed E-state index contributed by atoms with van der Waals surface area (Å²) in [6, 6.07) is 5.48. The van der Waals surface area contributed by atoms with Crippen LogP contribution in [0.4, 0.5) is 5.82 Å². The van der Waals surface area contributed by atoms with E-state index in [9.17, 15) is 4.79 Å². The standard InChI is InChI=1S/C15H17ClN4O/c1-19(2)15(21)10-5-6-20(9-10)14-8-17-13-7-11(16)3-4-12(13)18-14/h3-4,7-8,10H,5-6,9H2,1-2H3. The number of nitrogens with zero attached hydrogens (tertiary/aromatic N) is 4. The highest BCUT2D eigenvalue weighted by atomic mass is 35.5. The highest BCUT2D eigenvalue weighted by Crippen LogP contribution is 2.25. The molecule has 3 rings (SSSR count). The average molecular weight is 305 g/mol. The van der Waals surface area contributed by atoms with Gasteiger partial charge >= 0.3 is 0 Å². The van der Waals surface area contributed by atoms with Crippen LogP contribution < -0.4 is 4.90 Å². The van der Waals surface area contributed by atoms with E-state index in [-0.39, 0.29) is 11.8 Å². The van der Waals surface area contributed by atoms with Crippen molar-refractivity contribution in [3.05, 3.63) is 29.4 Å². The summed E-state index contributed by atoms with van der Waals surface area (Å²) < 4.78 is 0. The van der Waals surface area contributed by atoms with Crippen molar-refractivity contribution >= 4 is 34.4 Å². The molecule has 1 amide bonds. The first-order chi connectivity index (χ1) is 10.0. The van der Waals surface area contributed by atoms with Gasteiger partial charge in [0.1, 0.15) is 5.82 Å². The van der Waals surface area contributed by atoms with Crippen LogP contribution in [0.3, 0.4) is 0 Å². The van der Waals surface area contributed by atoms with Crippen LogP contribution in [-0.4, -0.2) is 48.0 Å². The summed E-state index contributed by atoms with van der Waals surface area (Å²) in [5.41, 5.74) is 1.60. The van der Waals surface area contributed by atoms with Crippen LogP contribution in [0.1, 0.15) is 6.42 Å². The Hall–Kier alpha value is -1.88. The number of hydrogen-bond acceptors (Lipinski definition) is 4. The third-order valence-electron chi connectivity index (χ3n) is 3.79. The summed E-state index contributed by atoms with van der Waals surface area (Å²) in [5, 5.41) is 0.655. The summed E-state index contributed by atoms with van der Waals surface area (Å²) in [6.07, 6.45) is 2.61. The van der Waals surface area contributed by atoms with Gasteiger partial charge < -0.3 is 9.80 Å². The van der Waals surface area contributed by atoms with Crippen molar-refractivity contribution in [2.45, 2.75) is 6.42 Å². The van der Waals surface area contributed by atoms with Gasteiger partial charge in [-0.2, -0.15) is 0 Å². The Kier molecular flexibility index (Phi) is 3.68. The van der Waals surface area contributed by atoms with Crippen molar-refractivity contribution in [2.24, 2.45) is 5.92 Å². The Labute approximate surface area is 128 Å². The Morgan fingerprint density at radius 2 is 2.19 bits per heavy atom. The molecule has 21 heavy (non-hydrogen) atoms. The number of anilines is 1. The zero-order valence-electron chi connectivity index (χ0n) is 12.1. The van der Waals surface area contributed by atoms with Gasteiger partial charge in [-0.05, 0) is 24.6 Å². The van der Waals surface area contributed by atoms with E-state index in [0.717, 1.165) is 29.8 Å². The van der Waals surface area contributed by atoms with Gasteiger partial charge in [-0.25, -0.2) is 4.98 Å². The number of benzene rings is 1. The topological polar surface area (TPSA) is 49.3 Å². The molecule has 1 aliphatic heterocycles. The summed E-state index contributed by atoms with van der Waals surface area (Å²) in [5.74, 6) is 1.04. The monoisotopic (exact) mass is 304 g/mol. The zero-order valence-corrected chi connectivity index (χ0v) is 12.8. The van der Waals surface area contributed by atoms with E-state index in [1.54, 1.807) is 31.3 Å². The van der Waals surface area contributed by atoms with Crippen LogP contribution in [0.25, 0.3) is 11.0 Å². The minimum atomic E-state index is 0.0442. The van der Waals surface area contributed by atoms with Crippen LogP contribution in [0.15, 0.2) is 24.4 Å². The van der Waals surface area contributed by atoms with Crippen LogP contribution >= 0.6 is 11.6 Å². The van der Waals surface area contributed by atoms with Crippen LogP contribution in [0.2, 0.25) is 5.02 Å². The van der Waals surface area contributed by atoms with E-state index >= 15 is 0 Å². The number of carbonyl (C=O) groups is 1. The second-order valence-electron chi connectivity index (χ2n) is 5.53. The number of aromatic nitrogens is 2. The summed E-state index contributed by atoms with van der Waals surface area (Å²) in [7, 11) is 3.59. The third kappa shape index (κ3) is 2.78. The second-order valence-corrected chi connectivity index (χ2v) is 5.96. The maximum atomic E-state index is 12.0. The first-order valence-corrected chi connectivity index (χ1v) is 7.31. The Morgan fingerprint density at radius 3 is 2.95 bits per heavy atom. The fourth-order valence-corrected chi connectivity index (χ4v) is 2.83. The lowest BCUT2D eigenvalue weighted by atomic mass is 10.1. The van der Waals surface area contributed by atoms with Gasteiger partial charge in [-0.15, -0.1) is 0 Å². The summed E-state index contributed by atoms with van der Waals surface area (Å²) >= 11 is 5.95. The molecule has 6 heteroatoms. The number of amides is 1. The largest absolute Gasteiger partial charge is 0.354 e. The molecular formula is C15H17ClN4O. The van der Waals surface area contributed by atoms with Crippen LogP contribution in [0.5, 0.6) is 0 Å². The minimum Gasteiger partial charge on any atom is -0.354 e. The number of rotatable bonds is 2. The predicted molar refractivity (Wildman–Crippen MR) is 83.6 cm³/mol. The highest BCUT2D eigenvalue weighted by molar-refractivity contribution is 6.31. The number of carbonyl (C=O) groups excluding carboxylic acids is 1. The molecule has 0 bridgehead atoms. The fourth-order valence-electron chi connectivity index (χ4n) is 2.66. The maximum absolute atomic E-state index is 12.0. The SMILES string of the molecule is CN(C)C(=O)C1CCN(c2cnc3cc(Cl)ccc3n2)C1. The molecule has 1 fully saturated rings. The van der Waals surface area contributed by atoms with Crippen LogP contribution in [0, 0.1) is 5.92 Å². The summed E-state index contributed by atoms with van der Waals surface area (Å²) in [6.45, 7) is 1.53. The fraction of sp³-hybridized carbons (Fsp3) is 0.400. The molecule has 110 valence electrons. The lowest BCUT2D eigenvalue weighted by Gasteiger charge is -2.19. The van der Waals surface area contributed by atoms with Crippen molar-refractivity contribution < 1.29 is 4.79 Å². The van der Waals surface area contributed by atoms with Crippen molar-refractivity contribution in [3.8, 4) is 0 Å². The molecule has 1 unspecified atom stereocenters. The van der Waals surface area contributed by atoms with E-state index in [2.05, 4.69) is 14.9 Å². The van der Waals surface area contributed by atoms with Gasteiger partial charge in [0.25, 0.3) is 0 Å². The van der Waals surface area contributed by atoms with Gasteiger partial charge in [0.05, 0.1) is 23.1 Å². The number of fused-ring (bicyclic) bond motifs is 1. The first-order valence-electron chi connectivity index (χ1n) is 6.93. The lowest BCUT2D eigenvalue weighted by molar-refractivity contribution is -0.132. The van der Waals surface area contributed by atoms with Gasteiger partial charge in [-0.3, -0.25) is 9.78 Å². The van der Waals surface area contributed by atoms with Gasteiger partial charge in [0.2, 0.25) is 5.91 Å². The Balaban J connectivity index is 1.82. The number of hydrogen-bond donors (Lipinski definition) is 0. The van der Waals surface area contributed by atoms with E-state index < -0.39 is 0 Å². The van der Waals surface area contributed by atoms with Crippen molar-refractivity contribution in [1.82, 2.24) is 14.9 Å². The molecule has 1 aliphatic rings. The van der Waals surface area contributed by atoms with Gasteiger partial charge in [-0.1, -0.05) is 11.6 Å². The quantitative estimate of drug-likeness (QED) is 0.853. The average Bonchev–Trinajstić information content (AvgIpc) is 2.95. The van der Waals surface area contributed by atoms with E-state index in [1.807, 2.05) is 12.1 Å². The third-order valence-corrected chi connectivity index (χ3v) is 4.03. The molecule has 2 aromatic rings. The van der Waals surface area contributed by atoms with Gasteiger partial charge in [0.15, 0.2) is 0 Å². The molecule has 2 heterocycles. The molecule has 1 saturated heterocycles. The molecule has 1 aromatic carbocycles. The number of halogens is 1. The van der Waals surface area contributed by atoms with E-state index in [0.29, 0.717) is 11.6 Å². The van der Waals surface area contributed by atoms with Gasteiger partial charge in [0, 0.05) is 32.2 Å². The minimum absolute atomic E-state index is 0.0442. The van der Waals surface area contributed by atoms with E-state index in [1.165, 1.54) is 0 Å². The molecule has 0 aliphatic carbocycles. The molecule has 1 aromatic heterocycles. The zero-order chi connectivity index (χ0) is 15.0. The smallest absolute Gasteiger partial charge is 0.227 e. The summed E-state index contributed by atoms with van der Waals surface area (Å²) in [4.78, 5) is 24.8. The van der Waals surface area contributed by atoms with Crippen molar-refractivity contribution in [2.75, 3.05) is 32.1 Å². The molecule has 0 spiro atoms.